The van der Waals surface area contributed by atoms with Crippen molar-refractivity contribution in [3.63, 3.8) is 0 Å². The molecule has 0 saturated heterocycles. The molecule has 0 aliphatic carbocycles. The highest BCUT2D eigenvalue weighted by Crippen LogP contribution is 2.40. The molecule has 6 nitrogen and oxygen atoms in total. The van der Waals surface area contributed by atoms with Crippen LogP contribution in [0.1, 0.15) is 0 Å². The standard InChI is InChI=1S/C20H13Cl3N4O2/c21-13-2-1-3-15(8-13)25-11-24-26(16-5-7-19-20(10-16)29-12-28-19)27(25)18-9-14(22)4-6-17(18)23/h1-11H,12H2. The number of hydrazine groups is 2. The number of hydrazone groups is 1. The fraction of sp³-hybridized carbons (Fsp3) is 0.0500. The fourth-order valence-electron chi connectivity index (χ4n) is 3.12. The second-order valence-electron chi connectivity index (χ2n) is 6.27. The lowest BCUT2D eigenvalue weighted by Crippen LogP contribution is -2.46. The summed E-state index contributed by atoms with van der Waals surface area (Å²) in [5.41, 5.74) is 2.21. The third-order valence-electron chi connectivity index (χ3n) is 4.44. The van der Waals surface area contributed by atoms with Gasteiger partial charge in [0.1, 0.15) is 12.0 Å². The van der Waals surface area contributed by atoms with Crippen LogP contribution in [0.25, 0.3) is 0 Å². The van der Waals surface area contributed by atoms with Crippen LogP contribution in [0.15, 0.2) is 65.8 Å². The smallest absolute Gasteiger partial charge is 0.231 e. The predicted octanol–water partition coefficient (Wildman–Crippen LogP) is 5.98. The Hall–Kier alpha value is -2.80. The Labute approximate surface area is 181 Å². The van der Waals surface area contributed by atoms with Gasteiger partial charge in [0.2, 0.25) is 6.79 Å². The van der Waals surface area contributed by atoms with Crippen molar-refractivity contribution in [2.75, 3.05) is 22.0 Å². The van der Waals surface area contributed by atoms with E-state index in [0.717, 1.165) is 11.4 Å². The van der Waals surface area contributed by atoms with Crippen molar-refractivity contribution in [3.8, 4) is 11.5 Å². The molecule has 2 aliphatic heterocycles. The summed E-state index contributed by atoms with van der Waals surface area (Å²) in [5.74, 6) is 1.34. The number of fused-ring (bicyclic) bond motifs is 1. The number of anilines is 3. The van der Waals surface area contributed by atoms with Crippen molar-refractivity contribution in [1.82, 2.24) is 0 Å². The van der Waals surface area contributed by atoms with Gasteiger partial charge in [0.15, 0.2) is 11.5 Å². The minimum atomic E-state index is 0.195. The maximum atomic E-state index is 6.53. The number of hydrogen-bond acceptors (Lipinski definition) is 6. The first kappa shape index (κ1) is 18.2. The van der Waals surface area contributed by atoms with Crippen LogP contribution in [0.3, 0.4) is 0 Å². The Bertz CT molecular complexity index is 1120. The van der Waals surface area contributed by atoms with Crippen LogP contribution >= 0.6 is 34.8 Å². The molecule has 9 heteroatoms. The van der Waals surface area contributed by atoms with E-state index in [1.165, 1.54) is 0 Å². The van der Waals surface area contributed by atoms with E-state index < -0.39 is 0 Å². The number of benzene rings is 3. The molecule has 2 heterocycles. The molecule has 29 heavy (non-hydrogen) atoms. The number of nitrogens with zero attached hydrogens (tertiary/aromatic N) is 4. The first-order chi connectivity index (χ1) is 14.1. The quantitative estimate of drug-likeness (QED) is 0.494. The lowest BCUT2D eigenvalue weighted by atomic mass is 10.2. The molecule has 0 radical (unpaired) electrons. The van der Waals surface area contributed by atoms with Gasteiger partial charge in [-0.3, -0.25) is 0 Å². The van der Waals surface area contributed by atoms with Crippen molar-refractivity contribution < 1.29 is 9.47 Å². The van der Waals surface area contributed by atoms with Gasteiger partial charge < -0.3 is 9.47 Å². The monoisotopic (exact) mass is 446 g/mol. The zero-order chi connectivity index (χ0) is 20.0. The Morgan fingerprint density at radius 1 is 0.793 bits per heavy atom. The van der Waals surface area contributed by atoms with Crippen LogP contribution in [0, 0.1) is 0 Å². The van der Waals surface area contributed by atoms with E-state index in [0.29, 0.717) is 32.3 Å². The molecular weight excluding hydrogens is 435 g/mol. The second-order valence-corrected chi connectivity index (χ2v) is 7.55. The fourth-order valence-corrected chi connectivity index (χ4v) is 3.67. The van der Waals surface area contributed by atoms with Gasteiger partial charge in [-0.25, -0.2) is 5.01 Å². The topological polar surface area (TPSA) is 40.5 Å². The van der Waals surface area contributed by atoms with Gasteiger partial charge in [-0.1, -0.05) is 40.9 Å². The number of ether oxygens (including phenoxy) is 2. The summed E-state index contributed by atoms with van der Waals surface area (Å²) in [4.78, 5) is 0. The molecule has 0 bridgehead atoms. The highest BCUT2D eigenvalue weighted by molar-refractivity contribution is 6.35. The molecule has 3 aromatic carbocycles. The number of rotatable bonds is 3. The maximum Gasteiger partial charge on any atom is 0.231 e. The summed E-state index contributed by atoms with van der Waals surface area (Å²) < 4.78 is 10.9. The molecule has 5 rings (SSSR count). The average Bonchev–Trinajstić information content (AvgIpc) is 3.36. The molecule has 146 valence electrons. The Morgan fingerprint density at radius 3 is 2.48 bits per heavy atom. The molecular formula is C20H13Cl3N4O2. The molecule has 0 N–H and O–H groups in total. The molecule has 0 fully saturated rings. The maximum absolute atomic E-state index is 6.53. The molecule has 0 spiro atoms. The summed E-state index contributed by atoms with van der Waals surface area (Å²) in [6, 6.07) is 18.3. The molecule has 0 aromatic heterocycles. The molecule has 0 amide bonds. The first-order valence-electron chi connectivity index (χ1n) is 8.64. The third kappa shape index (κ3) is 3.29. The largest absolute Gasteiger partial charge is 0.454 e. The van der Waals surface area contributed by atoms with E-state index in [4.69, 9.17) is 44.3 Å². The zero-order valence-electron chi connectivity index (χ0n) is 14.8. The second kappa shape index (κ2) is 7.22. The van der Waals surface area contributed by atoms with Crippen LogP contribution in [-0.2, 0) is 0 Å². The highest BCUT2D eigenvalue weighted by Gasteiger charge is 2.31. The van der Waals surface area contributed by atoms with Gasteiger partial charge in [0.25, 0.3) is 0 Å². The van der Waals surface area contributed by atoms with Crippen molar-refractivity contribution in [3.05, 3.63) is 75.7 Å². The molecule has 0 atom stereocenters. The van der Waals surface area contributed by atoms with Gasteiger partial charge in [0.05, 0.1) is 16.4 Å². The van der Waals surface area contributed by atoms with Gasteiger partial charge in [-0.05, 0) is 48.5 Å². The molecule has 0 unspecified atom stereocenters. The van der Waals surface area contributed by atoms with E-state index in [1.807, 2.05) is 47.5 Å². The van der Waals surface area contributed by atoms with Crippen LogP contribution in [0.4, 0.5) is 17.1 Å². The molecule has 0 saturated carbocycles. The number of hydrogen-bond donors (Lipinski definition) is 0. The van der Waals surface area contributed by atoms with E-state index >= 15 is 0 Å². The summed E-state index contributed by atoms with van der Waals surface area (Å²) in [5, 5.41) is 11.6. The minimum absolute atomic E-state index is 0.195. The summed E-state index contributed by atoms with van der Waals surface area (Å²) >= 11 is 19.0. The lowest BCUT2D eigenvalue weighted by Gasteiger charge is -2.35. The third-order valence-corrected chi connectivity index (χ3v) is 5.23. The molecule has 3 aromatic rings. The Kier molecular flexibility index (Phi) is 4.54. The van der Waals surface area contributed by atoms with Gasteiger partial charge in [-0.15, -0.1) is 5.10 Å². The lowest BCUT2D eigenvalue weighted by molar-refractivity contribution is 0.174. The van der Waals surface area contributed by atoms with Crippen LogP contribution < -0.4 is 24.7 Å². The van der Waals surface area contributed by atoms with E-state index in [9.17, 15) is 0 Å². The van der Waals surface area contributed by atoms with Gasteiger partial charge in [0, 0.05) is 16.1 Å². The van der Waals surface area contributed by atoms with Gasteiger partial charge in [-0.2, -0.15) is 10.2 Å². The normalized spacial score (nSPS) is 14.8. The van der Waals surface area contributed by atoms with E-state index in [-0.39, 0.29) is 6.79 Å². The van der Waals surface area contributed by atoms with Crippen LogP contribution in [-0.4, -0.2) is 13.1 Å². The van der Waals surface area contributed by atoms with Crippen molar-refractivity contribution >= 4 is 58.2 Å². The molecule has 2 aliphatic rings. The summed E-state index contributed by atoms with van der Waals surface area (Å²) in [6.07, 6.45) is 1.67. The zero-order valence-corrected chi connectivity index (χ0v) is 17.1. The Balaban J connectivity index is 1.62. The Morgan fingerprint density at radius 2 is 1.62 bits per heavy atom. The first-order valence-corrected chi connectivity index (χ1v) is 9.77. The summed E-state index contributed by atoms with van der Waals surface area (Å²) in [7, 11) is 0. The predicted molar refractivity (Wildman–Crippen MR) is 116 cm³/mol. The van der Waals surface area contributed by atoms with E-state index in [2.05, 4.69) is 5.10 Å². The van der Waals surface area contributed by atoms with Crippen molar-refractivity contribution in [2.24, 2.45) is 5.10 Å². The highest BCUT2D eigenvalue weighted by atomic mass is 35.5. The van der Waals surface area contributed by atoms with E-state index in [1.54, 1.807) is 34.8 Å². The van der Waals surface area contributed by atoms with Crippen LogP contribution in [0.2, 0.25) is 15.1 Å². The van der Waals surface area contributed by atoms with Crippen molar-refractivity contribution in [2.45, 2.75) is 0 Å². The average molecular weight is 448 g/mol. The van der Waals surface area contributed by atoms with Gasteiger partial charge >= 0.3 is 0 Å². The van der Waals surface area contributed by atoms with Crippen molar-refractivity contribution in [1.29, 1.82) is 0 Å². The SMILES string of the molecule is Clc1cccc(N2C=NN(c3ccc4c(c3)OCO4)N2c2cc(Cl)ccc2Cl)c1. The number of halogens is 3. The minimum Gasteiger partial charge on any atom is -0.454 e. The summed E-state index contributed by atoms with van der Waals surface area (Å²) in [6.45, 7) is 0.195. The van der Waals surface area contributed by atoms with Crippen LogP contribution in [0.5, 0.6) is 11.5 Å².